The van der Waals surface area contributed by atoms with Gasteiger partial charge in [0.25, 0.3) is 0 Å². The van der Waals surface area contributed by atoms with Crippen molar-refractivity contribution in [3.8, 4) is 0 Å². The van der Waals surface area contributed by atoms with Crippen molar-refractivity contribution >= 4 is 14.3 Å². The Labute approximate surface area is 64.1 Å². The van der Waals surface area contributed by atoms with Crippen molar-refractivity contribution < 1.29 is 34.3 Å². The van der Waals surface area contributed by atoms with Crippen LogP contribution in [-0.4, -0.2) is 20.7 Å². The SMILES string of the molecule is COC=[O+]C.F[P-](F)(F)(F)(F)F. The van der Waals surface area contributed by atoms with Crippen molar-refractivity contribution in [1.29, 1.82) is 0 Å². The van der Waals surface area contributed by atoms with Gasteiger partial charge in [-0.05, 0) is 0 Å². The molecule has 0 aromatic rings. The van der Waals surface area contributed by atoms with Gasteiger partial charge in [-0.2, -0.15) is 0 Å². The average molecular weight is 220 g/mol. The van der Waals surface area contributed by atoms with Crippen LogP contribution in [0, 0.1) is 0 Å². The number of hydrogen-bond donors (Lipinski definition) is 0. The van der Waals surface area contributed by atoms with E-state index in [9.17, 15) is 25.2 Å². The van der Waals surface area contributed by atoms with E-state index < -0.39 is 7.81 Å². The normalized spacial score (nSPS) is 17.3. The molecular weight excluding hydrogens is 213 g/mol. The van der Waals surface area contributed by atoms with E-state index in [1.807, 2.05) is 0 Å². The van der Waals surface area contributed by atoms with Gasteiger partial charge < -0.3 is 9.16 Å². The first-order valence-corrected chi connectivity index (χ1v) is 4.33. The summed E-state index contributed by atoms with van der Waals surface area (Å²) in [6.45, 7) is 1.25. The molecule has 2 nitrogen and oxygen atoms in total. The van der Waals surface area contributed by atoms with Gasteiger partial charge in [0.05, 0.1) is 0 Å². The van der Waals surface area contributed by atoms with Gasteiger partial charge in [-0.3, -0.25) is 0 Å². The Morgan fingerprint density at radius 1 is 1.08 bits per heavy atom. The van der Waals surface area contributed by atoms with Crippen LogP contribution in [0.25, 0.3) is 0 Å². The monoisotopic (exact) mass is 220 g/mol. The van der Waals surface area contributed by atoms with Crippen LogP contribution < -0.4 is 0 Å². The van der Waals surface area contributed by atoms with Gasteiger partial charge in [0.15, 0.2) is 14.2 Å². The molecular formula is C3H7F6O2P. The summed E-state index contributed by atoms with van der Waals surface area (Å²) < 4.78 is 67.9. The van der Waals surface area contributed by atoms with Crippen molar-refractivity contribution in [3.63, 3.8) is 0 Å². The van der Waals surface area contributed by atoms with Crippen molar-refractivity contribution in [1.82, 2.24) is 0 Å². The van der Waals surface area contributed by atoms with E-state index in [1.165, 1.54) is 20.7 Å². The Balaban J connectivity index is 0. The van der Waals surface area contributed by atoms with Crippen LogP contribution in [0.5, 0.6) is 0 Å². The van der Waals surface area contributed by atoms with Crippen LogP contribution in [0.4, 0.5) is 25.2 Å². The third kappa shape index (κ3) is 311. The summed E-state index contributed by atoms with van der Waals surface area (Å²) in [4.78, 5) is 0. The van der Waals surface area contributed by atoms with Crippen LogP contribution in [0.15, 0.2) is 0 Å². The predicted molar refractivity (Wildman–Crippen MR) is 32.6 cm³/mol. The first-order valence-electron chi connectivity index (χ1n) is 2.30. The molecule has 0 saturated carbocycles. The first-order chi connectivity index (χ1) is 4.86. The Bertz CT molecular complexity index is 143. The van der Waals surface area contributed by atoms with Crippen LogP contribution in [0.3, 0.4) is 0 Å². The Morgan fingerprint density at radius 3 is 1.33 bits per heavy atom. The van der Waals surface area contributed by atoms with E-state index in [1.54, 1.807) is 0 Å². The van der Waals surface area contributed by atoms with E-state index in [4.69, 9.17) is 0 Å². The standard InChI is InChI=1S/C3H7O2.F6P/c1-4-3-5-2;1-7(2,3,4,5)6/h3H,1-2H3;/q+1;-1. The number of rotatable bonds is 1. The zero-order valence-electron chi connectivity index (χ0n) is 6.11. The topological polar surface area (TPSA) is 20.5 Å². The van der Waals surface area contributed by atoms with Gasteiger partial charge >= 0.3 is 39.5 Å². The molecule has 0 heterocycles. The fourth-order valence-corrected chi connectivity index (χ4v) is 0.0962. The van der Waals surface area contributed by atoms with Crippen molar-refractivity contribution in [2.45, 2.75) is 0 Å². The van der Waals surface area contributed by atoms with E-state index in [-0.39, 0.29) is 0 Å². The van der Waals surface area contributed by atoms with Crippen LogP contribution >= 0.6 is 7.81 Å². The molecule has 0 unspecified atom stereocenters. The minimum absolute atomic E-state index is 1.25. The van der Waals surface area contributed by atoms with E-state index in [0.29, 0.717) is 0 Å². The van der Waals surface area contributed by atoms with Crippen LogP contribution in [0.1, 0.15) is 0 Å². The third-order valence-corrected chi connectivity index (χ3v) is 0.192. The second-order valence-corrected chi connectivity index (χ2v) is 3.44. The molecule has 0 atom stereocenters. The molecule has 78 valence electrons. The maximum atomic E-state index is 9.87. The molecule has 9 heteroatoms. The molecule has 0 rings (SSSR count). The Kier molecular flexibility index (Phi) is 3.60. The summed E-state index contributed by atoms with van der Waals surface area (Å²) >= 11 is 0. The van der Waals surface area contributed by atoms with Gasteiger partial charge in [0.1, 0.15) is 0 Å². The zero-order valence-corrected chi connectivity index (χ0v) is 7.00. The summed E-state index contributed by atoms with van der Waals surface area (Å²) in [6, 6.07) is 0. The summed E-state index contributed by atoms with van der Waals surface area (Å²) in [5.41, 5.74) is 0. The molecule has 0 aromatic heterocycles. The van der Waals surface area contributed by atoms with E-state index in [0.717, 1.165) is 0 Å². The molecule has 0 bridgehead atoms. The summed E-state index contributed by atoms with van der Waals surface area (Å²) in [5, 5.41) is 0. The molecule has 0 aliphatic heterocycles. The molecule has 0 aliphatic rings. The summed E-state index contributed by atoms with van der Waals surface area (Å²) in [5.74, 6) is 0. The molecule has 0 spiro atoms. The predicted octanol–water partition coefficient (Wildman–Crippen LogP) is 3.34. The van der Waals surface area contributed by atoms with Gasteiger partial charge in [0.2, 0.25) is 0 Å². The fraction of sp³-hybridized carbons (Fsp3) is 0.667. The average Bonchev–Trinajstić information content (AvgIpc) is 1.58. The van der Waals surface area contributed by atoms with Crippen molar-refractivity contribution in [2.75, 3.05) is 14.2 Å². The Hall–Kier alpha value is -0.520. The molecule has 0 aromatic carbocycles. The molecule has 0 fully saturated rings. The van der Waals surface area contributed by atoms with Gasteiger partial charge in [0, 0.05) is 0 Å². The maximum absolute atomic E-state index is 10.7. The molecule has 12 heavy (non-hydrogen) atoms. The number of carbonyl (C=O) groups excluding carboxylic acids is 1. The zero-order chi connectivity index (χ0) is 10.5. The molecule has 0 saturated heterocycles. The van der Waals surface area contributed by atoms with E-state index in [2.05, 4.69) is 9.16 Å². The Morgan fingerprint density at radius 2 is 1.33 bits per heavy atom. The van der Waals surface area contributed by atoms with Crippen LogP contribution in [-0.2, 0) is 9.16 Å². The second kappa shape index (κ2) is 3.08. The molecule has 0 aliphatic carbocycles. The molecule has 0 N–H and O–H groups in total. The fourth-order valence-electron chi connectivity index (χ4n) is 0.0962. The number of hydrogen-bond acceptors (Lipinski definition) is 1. The van der Waals surface area contributed by atoms with Crippen LogP contribution in [0.2, 0.25) is 0 Å². The second-order valence-electron chi connectivity index (χ2n) is 1.53. The minimum atomic E-state index is -10.7. The van der Waals surface area contributed by atoms with Gasteiger partial charge in [-0.1, -0.05) is 0 Å². The summed E-state index contributed by atoms with van der Waals surface area (Å²) in [7, 11) is -7.59. The van der Waals surface area contributed by atoms with Gasteiger partial charge in [-0.15, -0.1) is 0 Å². The van der Waals surface area contributed by atoms with Crippen molar-refractivity contribution in [3.05, 3.63) is 0 Å². The third-order valence-electron chi connectivity index (χ3n) is 0.192. The number of ether oxygens (including phenoxy) is 1. The van der Waals surface area contributed by atoms with Crippen molar-refractivity contribution in [2.24, 2.45) is 0 Å². The first kappa shape index (κ1) is 14.0. The van der Waals surface area contributed by atoms with Gasteiger partial charge in [-0.25, -0.2) is 0 Å². The molecule has 0 amide bonds. The summed E-state index contributed by atoms with van der Waals surface area (Å²) in [6.07, 6.45) is 0. The van der Waals surface area contributed by atoms with E-state index >= 15 is 0 Å². The molecule has 0 radical (unpaired) electrons. The quantitative estimate of drug-likeness (QED) is 0.287. The number of halogens is 6. The number of methoxy groups -OCH3 is 1.